The second-order valence-electron chi connectivity index (χ2n) is 3.01. The number of hydrogen-bond acceptors (Lipinski definition) is 4. The van der Waals surface area contributed by atoms with Crippen molar-refractivity contribution in [3.05, 3.63) is 32.2 Å². The average molecular weight is 239 g/mol. The molecule has 0 atom stereocenters. The zero-order chi connectivity index (χ0) is 11.9. The zero-order valence-corrected chi connectivity index (χ0v) is 8.50. The second kappa shape index (κ2) is 3.46. The van der Waals surface area contributed by atoms with Gasteiger partial charge < -0.3 is 15.2 Å². The third-order valence-electron chi connectivity index (χ3n) is 2.07. The molecule has 3 N–H and O–H groups in total. The standard InChI is InChI=1S/C9H5NO5S/c11-7-3-1-16-2-4(3)10-6(9(14)15)5(7)8(12)13/h1-2,10H,(H,12,13)(H,14,15). The van der Waals surface area contributed by atoms with E-state index >= 15 is 0 Å². The number of hydrogen-bond donors (Lipinski definition) is 3. The van der Waals surface area contributed by atoms with Crippen LogP contribution in [0.25, 0.3) is 10.9 Å². The molecule has 0 radical (unpaired) electrons. The number of aromatic carboxylic acids is 2. The van der Waals surface area contributed by atoms with Crippen LogP contribution in [0.15, 0.2) is 15.6 Å². The summed E-state index contributed by atoms with van der Waals surface area (Å²) in [7, 11) is 0. The number of carboxylic acid groups (broad SMARTS) is 2. The molecule has 2 aromatic rings. The maximum atomic E-state index is 11.7. The van der Waals surface area contributed by atoms with Gasteiger partial charge in [0.05, 0.1) is 10.9 Å². The van der Waals surface area contributed by atoms with Crippen LogP contribution >= 0.6 is 11.3 Å². The van der Waals surface area contributed by atoms with Crippen LogP contribution in [-0.4, -0.2) is 27.1 Å². The first-order chi connectivity index (χ1) is 7.52. The molecular weight excluding hydrogens is 234 g/mol. The minimum Gasteiger partial charge on any atom is -0.477 e. The summed E-state index contributed by atoms with van der Waals surface area (Å²) in [6, 6.07) is 0. The molecule has 0 spiro atoms. The Hall–Kier alpha value is -2.15. The van der Waals surface area contributed by atoms with Crippen LogP contribution in [0.3, 0.4) is 0 Å². The third kappa shape index (κ3) is 1.38. The lowest BCUT2D eigenvalue weighted by Crippen LogP contribution is -2.21. The lowest BCUT2D eigenvalue weighted by molar-refractivity contribution is 0.0646. The number of pyridine rings is 1. The maximum absolute atomic E-state index is 11.7. The van der Waals surface area contributed by atoms with Crippen molar-refractivity contribution >= 4 is 34.2 Å². The number of carbonyl (C=O) groups is 2. The van der Waals surface area contributed by atoms with Gasteiger partial charge in [0.25, 0.3) is 0 Å². The summed E-state index contributed by atoms with van der Waals surface area (Å²) in [6.07, 6.45) is 0. The van der Waals surface area contributed by atoms with Crippen LogP contribution in [0.4, 0.5) is 0 Å². The topological polar surface area (TPSA) is 107 Å². The monoisotopic (exact) mass is 239 g/mol. The van der Waals surface area contributed by atoms with Crippen molar-refractivity contribution in [2.24, 2.45) is 0 Å². The first kappa shape index (κ1) is 10.4. The molecule has 0 fully saturated rings. The molecule has 0 unspecified atom stereocenters. The number of nitrogens with one attached hydrogen (secondary N) is 1. The predicted octanol–water partition coefficient (Wildman–Crippen LogP) is 0.986. The number of rotatable bonds is 2. The molecule has 2 rings (SSSR count). The van der Waals surface area contributed by atoms with E-state index in [-0.39, 0.29) is 5.39 Å². The summed E-state index contributed by atoms with van der Waals surface area (Å²) in [5.41, 5.74) is -1.78. The highest BCUT2D eigenvalue weighted by atomic mass is 32.1. The number of thiophene rings is 1. The Morgan fingerprint density at radius 1 is 1.19 bits per heavy atom. The maximum Gasteiger partial charge on any atom is 0.353 e. The van der Waals surface area contributed by atoms with Crippen molar-refractivity contribution in [1.82, 2.24) is 4.98 Å². The fraction of sp³-hybridized carbons (Fsp3) is 0. The molecule has 7 heteroatoms. The van der Waals surface area contributed by atoms with Gasteiger partial charge in [-0.15, -0.1) is 11.3 Å². The van der Waals surface area contributed by atoms with Gasteiger partial charge >= 0.3 is 11.9 Å². The van der Waals surface area contributed by atoms with Crippen molar-refractivity contribution in [2.75, 3.05) is 0 Å². The number of carboxylic acids is 2. The first-order valence-electron chi connectivity index (χ1n) is 4.11. The van der Waals surface area contributed by atoms with Crippen molar-refractivity contribution in [3.63, 3.8) is 0 Å². The summed E-state index contributed by atoms with van der Waals surface area (Å²) in [5.74, 6) is -3.02. The van der Waals surface area contributed by atoms with Crippen molar-refractivity contribution in [1.29, 1.82) is 0 Å². The summed E-state index contributed by atoms with van der Waals surface area (Å²) in [5, 5.41) is 20.8. The Morgan fingerprint density at radius 3 is 2.44 bits per heavy atom. The molecule has 82 valence electrons. The van der Waals surface area contributed by atoms with Gasteiger partial charge in [-0.3, -0.25) is 4.79 Å². The molecule has 0 saturated heterocycles. The van der Waals surface area contributed by atoms with Gasteiger partial charge in [0.15, 0.2) is 0 Å². The molecule has 16 heavy (non-hydrogen) atoms. The van der Waals surface area contributed by atoms with Gasteiger partial charge in [0.1, 0.15) is 11.3 Å². The Kier molecular flexibility index (Phi) is 2.24. The van der Waals surface area contributed by atoms with Crippen LogP contribution in [-0.2, 0) is 0 Å². The highest BCUT2D eigenvalue weighted by Gasteiger charge is 2.22. The van der Waals surface area contributed by atoms with E-state index in [9.17, 15) is 14.4 Å². The van der Waals surface area contributed by atoms with E-state index in [1.165, 1.54) is 16.7 Å². The first-order valence-corrected chi connectivity index (χ1v) is 5.05. The van der Waals surface area contributed by atoms with Gasteiger partial charge in [-0.2, -0.15) is 0 Å². The summed E-state index contributed by atoms with van der Waals surface area (Å²) in [4.78, 5) is 35.8. The SMILES string of the molecule is O=C(O)c1[nH]c2cscc2c(=O)c1C(=O)O. The number of fused-ring (bicyclic) bond motifs is 1. The fourth-order valence-electron chi connectivity index (χ4n) is 1.38. The molecule has 0 aliphatic carbocycles. The summed E-state index contributed by atoms with van der Waals surface area (Å²) < 4.78 is 0. The Morgan fingerprint density at radius 2 is 1.88 bits per heavy atom. The lowest BCUT2D eigenvalue weighted by Gasteiger charge is -2.01. The fourth-order valence-corrected chi connectivity index (χ4v) is 2.14. The molecule has 0 aliphatic rings. The quantitative estimate of drug-likeness (QED) is 0.724. The van der Waals surface area contributed by atoms with Crippen molar-refractivity contribution < 1.29 is 19.8 Å². The highest BCUT2D eigenvalue weighted by Crippen LogP contribution is 2.16. The van der Waals surface area contributed by atoms with Crippen molar-refractivity contribution in [3.8, 4) is 0 Å². The molecule has 0 aromatic carbocycles. The van der Waals surface area contributed by atoms with E-state index in [0.29, 0.717) is 5.52 Å². The predicted molar refractivity (Wildman–Crippen MR) is 56.4 cm³/mol. The minimum absolute atomic E-state index is 0.187. The Balaban J connectivity index is 2.98. The third-order valence-corrected chi connectivity index (χ3v) is 2.81. The van der Waals surface area contributed by atoms with Gasteiger partial charge in [-0.05, 0) is 0 Å². The Bertz CT molecular complexity index is 653. The molecule has 2 aromatic heterocycles. The normalized spacial score (nSPS) is 10.5. The molecule has 0 amide bonds. The molecule has 0 saturated carbocycles. The van der Waals surface area contributed by atoms with Gasteiger partial charge in [0, 0.05) is 10.8 Å². The van der Waals surface area contributed by atoms with E-state index in [2.05, 4.69) is 4.98 Å². The van der Waals surface area contributed by atoms with E-state index in [1.807, 2.05) is 0 Å². The minimum atomic E-state index is -1.55. The van der Waals surface area contributed by atoms with E-state index in [0.717, 1.165) is 0 Å². The van der Waals surface area contributed by atoms with Crippen LogP contribution in [0, 0.1) is 0 Å². The van der Waals surface area contributed by atoms with E-state index in [4.69, 9.17) is 10.2 Å². The average Bonchev–Trinajstić information content (AvgIpc) is 2.64. The number of aromatic nitrogens is 1. The molecule has 6 nitrogen and oxygen atoms in total. The molecule has 2 heterocycles. The molecular formula is C9H5NO5S. The Labute approximate surface area is 91.8 Å². The van der Waals surface area contributed by atoms with Crippen LogP contribution in [0.5, 0.6) is 0 Å². The second-order valence-corrected chi connectivity index (χ2v) is 3.76. The summed E-state index contributed by atoms with van der Waals surface area (Å²) >= 11 is 1.19. The summed E-state index contributed by atoms with van der Waals surface area (Å²) in [6.45, 7) is 0. The number of aromatic amines is 1. The van der Waals surface area contributed by atoms with Gasteiger partial charge in [0.2, 0.25) is 5.43 Å². The smallest absolute Gasteiger partial charge is 0.353 e. The molecule has 0 aliphatic heterocycles. The van der Waals surface area contributed by atoms with E-state index < -0.39 is 28.6 Å². The van der Waals surface area contributed by atoms with Gasteiger partial charge in [-0.1, -0.05) is 0 Å². The van der Waals surface area contributed by atoms with Crippen LogP contribution in [0.2, 0.25) is 0 Å². The van der Waals surface area contributed by atoms with Gasteiger partial charge in [-0.25, -0.2) is 9.59 Å². The van der Waals surface area contributed by atoms with Crippen LogP contribution in [0.1, 0.15) is 20.8 Å². The largest absolute Gasteiger partial charge is 0.477 e. The highest BCUT2D eigenvalue weighted by molar-refractivity contribution is 7.09. The van der Waals surface area contributed by atoms with Crippen molar-refractivity contribution in [2.45, 2.75) is 0 Å². The lowest BCUT2D eigenvalue weighted by atomic mass is 10.1. The zero-order valence-electron chi connectivity index (χ0n) is 7.68. The van der Waals surface area contributed by atoms with Crippen LogP contribution < -0.4 is 5.43 Å². The molecule has 0 bridgehead atoms. The van der Waals surface area contributed by atoms with E-state index in [1.54, 1.807) is 5.38 Å². The number of H-pyrrole nitrogens is 1.